The van der Waals surface area contributed by atoms with Gasteiger partial charge in [-0.1, -0.05) is 40.0 Å². The van der Waals surface area contributed by atoms with Crippen LogP contribution in [0.4, 0.5) is 0 Å². The van der Waals surface area contributed by atoms with Crippen molar-refractivity contribution < 1.29 is 9.32 Å². The molecule has 1 aromatic heterocycles. The number of carbonyl (C=O) groups is 1. The number of rotatable bonds is 3. The molecule has 0 aliphatic carbocycles. The number of nitrogens with zero attached hydrogens (tertiary/aromatic N) is 3. The summed E-state index contributed by atoms with van der Waals surface area (Å²) in [4.78, 5) is 19.0. The van der Waals surface area contributed by atoms with Crippen molar-refractivity contribution in [3.05, 3.63) is 69.0 Å². The lowest BCUT2D eigenvalue weighted by atomic mass is 9.96. The van der Waals surface area contributed by atoms with Crippen LogP contribution in [0.3, 0.4) is 0 Å². The molecule has 3 aromatic rings. The summed E-state index contributed by atoms with van der Waals surface area (Å²) in [5.74, 6) is 1.19. The van der Waals surface area contributed by atoms with Crippen LogP contribution in [0.1, 0.15) is 35.0 Å². The summed E-state index contributed by atoms with van der Waals surface area (Å²) in [6.07, 6.45) is 1.50. The van der Waals surface area contributed by atoms with E-state index in [-0.39, 0.29) is 11.8 Å². The molecular formula is C20H16Cl3N3O2. The van der Waals surface area contributed by atoms with Crippen molar-refractivity contribution in [3.8, 4) is 11.4 Å². The molecule has 2 aromatic carbocycles. The number of piperidine rings is 1. The van der Waals surface area contributed by atoms with Crippen molar-refractivity contribution in [2.75, 3.05) is 13.1 Å². The first kappa shape index (κ1) is 19.2. The number of amides is 1. The molecule has 0 bridgehead atoms. The molecule has 1 saturated heterocycles. The second-order valence-corrected chi connectivity index (χ2v) is 8.00. The monoisotopic (exact) mass is 435 g/mol. The molecule has 144 valence electrons. The maximum absolute atomic E-state index is 12.7. The van der Waals surface area contributed by atoms with E-state index in [0.717, 1.165) is 18.4 Å². The molecule has 0 atom stereocenters. The Bertz CT molecular complexity index is 976. The van der Waals surface area contributed by atoms with Gasteiger partial charge in [0.1, 0.15) is 0 Å². The highest BCUT2D eigenvalue weighted by Gasteiger charge is 2.28. The highest BCUT2D eigenvalue weighted by atomic mass is 35.5. The summed E-state index contributed by atoms with van der Waals surface area (Å²) >= 11 is 17.9. The van der Waals surface area contributed by atoms with Gasteiger partial charge in [-0.15, -0.1) is 0 Å². The van der Waals surface area contributed by atoms with Crippen molar-refractivity contribution in [1.29, 1.82) is 0 Å². The van der Waals surface area contributed by atoms with Crippen LogP contribution in [0.15, 0.2) is 47.0 Å². The molecule has 0 saturated carbocycles. The summed E-state index contributed by atoms with van der Waals surface area (Å²) in [6.45, 7) is 1.21. The van der Waals surface area contributed by atoms with Crippen LogP contribution in [0.2, 0.25) is 15.1 Å². The molecule has 28 heavy (non-hydrogen) atoms. The van der Waals surface area contributed by atoms with Gasteiger partial charge in [-0.2, -0.15) is 4.98 Å². The Hall–Kier alpha value is -2.08. The van der Waals surface area contributed by atoms with Gasteiger partial charge in [0, 0.05) is 45.2 Å². The maximum Gasteiger partial charge on any atom is 0.253 e. The maximum atomic E-state index is 12.7. The smallest absolute Gasteiger partial charge is 0.253 e. The summed E-state index contributed by atoms with van der Waals surface area (Å²) < 4.78 is 5.47. The van der Waals surface area contributed by atoms with E-state index in [1.54, 1.807) is 35.2 Å². The minimum atomic E-state index is -0.0739. The molecule has 0 N–H and O–H groups in total. The van der Waals surface area contributed by atoms with Gasteiger partial charge in [-0.3, -0.25) is 4.79 Å². The van der Waals surface area contributed by atoms with E-state index in [1.165, 1.54) is 0 Å². The van der Waals surface area contributed by atoms with Gasteiger partial charge in [0.25, 0.3) is 5.91 Å². The fraction of sp³-hybridized carbons (Fsp3) is 0.250. The number of aromatic nitrogens is 2. The summed E-state index contributed by atoms with van der Waals surface area (Å²) in [5.41, 5.74) is 1.35. The number of halogens is 3. The Labute approximate surface area is 177 Å². The van der Waals surface area contributed by atoms with E-state index in [9.17, 15) is 4.79 Å². The number of hydrogen-bond donors (Lipinski definition) is 0. The normalized spacial score (nSPS) is 15.0. The van der Waals surface area contributed by atoms with E-state index in [0.29, 0.717) is 45.4 Å². The molecule has 1 aliphatic heterocycles. The first-order valence-corrected chi connectivity index (χ1v) is 9.98. The van der Waals surface area contributed by atoms with Gasteiger partial charge < -0.3 is 9.42 Å². The average Bonchev–Trinajstić information content (AvgIpc) is 3.17. The minimum Gasteiger partial charge on any atom is -0.339 e. The molecule has 1 aliphatic rings. The van der Waals surface area contributed by atoms with Crippen LogP contribution in [-0.2, 0) is 0 Å². The van der Waals surface area contributed by atoms with Gasteiger partial charge in [0.15, 0.2) is 0 Å². The van der Waals surface area contributed by atoms with Crippen LogP contribution in [0, 0.1) is 0 Å². The predicted octanol–water partition coefficient (Wildman–Crippen LogP) is 5.72. The van der Waals surface area contributed by atoms with E-state index >= 15 is 0 Å². The summed E-state index contributed by atoms with van der Waals surface area (Å²) in [6, 6.07) is 12.2. The van der Waals surface area contributed by atoms with Crippen LogP contribution in [0.5, 0.6) is 0 Å². The zero-order valence-electron chi connectivity index (χ0n) is 14.7. The standard InChI is InChI=1S/C20H16Cl3N3O2/c21-15-3-1-12(2-4-15)18-24-19(28-25-18)13-5-7-26(8-6-13)20(27)14-9-16(22)11-17(23)10-14/h1-4,9-11,13H,5-8H2. The second-order valence-electron chi connectivity index (χ2n) is 6.69. The van der Waals surface area contributed by atoms with E-state index < -0.39 is 0 Å². The van der Waals surface area contributed by atoms with Gasteiger partial charge in [-0.25, -0.2) is 0 Å². The third-order valence-electron chi connectivity index (χ3n) is 4.79. The zero-order valence-corrected chi connectivity index (χ0v) is 17.0. The first-order chi connectivity index (χ1) is 13.5. The quantitative estimate of drug-likeness (QED) is 0.527. The van der Waals surface area contributed by atoms with Crippen LogP contribution in [-0.4, -0.2) is 34.0 Å². The van der Waals surface area contributed by atoms with E-state index in [2.05, 4.69) is 10.1 Å². The Balaban J connectivity index is 1.41. The van der Waals surface area contributed by atoms with E-state index in [4.69, 9.17) is 39.3 Å². The molecule has 1 fully saturated rings. The van der Waals surface area contributed by atoms with Crippen LogP contribution < -0.4 is 0 Å². The molecule has 1 amide bonds. The molecule has 0 unspecified atom stereocenters. The van der Waals surface area contributed by atoms with Crippen molar-refractivity contribution >= 4 is 40.7 Å². The average molecular weight is 437 g/mol. The number of likely N-dealkylation sites (tertiary alicyclic amines) is 1. The molecule has 5 nitrogen and oxygen atoms in total. The SMILES string of the molecule is O=C(c1cc(Cl)cc(Cl)c1)N1CCC(c2nc(-c3ccc(Cl)cc3)no2)CC1. The van der Waals surface area contributed by atoms with Gasteiger partial charge >= 0.3 is 0 Å². The zero-order chi connectivity index (χ0) is 19.7. The van der Waals surface area contributed by atoms with Crippen molar-refractivity contribution in [2.24, 2.45) is 0 Å². The third kappa shape index (κ3) is 4.17. The highest BCUT2D eigenvalue weighted by Crippen LogP contribution is 2.30. The number of carbonyl (C=O) groups excluding carboxylic acids is 1. The van der Waals surface area contributed by atoms with Gasteiger partial charge in [-0.05, 0) is 55.3 Å². The van der Waals surface area contributed by atoms with Crippen LogP contribution in [0.25, 0.3) is 11.4 Å². The Morgan fingerprint density at radius 3 is 2.25 bits per heavy atom. The topological polar surface area (TPSA) is 59.2 Å². The largest absolute Gasteiger partial charge is 0.339 e. The molecule has 0 radical (unpaired) electrons. The van der Waals surface area contributed by atoms with E-state index in [1.807, 2.05) is 12.1 Å². The second kappa shape index (κ2) is 8.11. The fourth-order valence-corrected chi connectivity index (χ4v) is 3.96. The Morgan fingerprint density at radius 2 is 1.61 bits per heavy atom. The number of benzene rings is 2. The van der Waals surface area contributed by atoms with Crippen LogP contribution >= 0.6 is 34.8 Å². The Kier molecular flexibility index (Phi) is 5.58. The van der Waals surface area contributed by atoms with Crippen molar-refractivity contribution in [1.82, 2.24) is 15.0 Å². The molecular weight excluding hydrogens is 421 g/mol. The fourth-order valence-electron chi connectivity index (χ4n) is 3.31. The first-order valence-electron chi connectivity index (χ1n) is 8.84. The lowest BCUT2D eigenvalue weighted by Crippen LogP contribution is -2.38. The van der Waals surface area contributed by atoms with Gasteiger partial charge in [0.05, 0.1) is 0 Å². The summed E-state index contributed by atoms with van der Waals surface area (Å²) in [5, 5.41) is 5.63. The molecule has 2 heterocycles. The summed E-state index contributed by atoms with van der Waals surface area (Å²) in [7, 11) is 0. The lowest BCUT2D eigenvalue weighted by molar-refractivity contribution is 0.0704. The lowest BCUT2D eigenvalue weighted by Gasteiger charge is -2.30. The third-order valence-corrected chi connectivity index (χ3v) is 5.47. The highest BCUT2D eigenvalue weighted by molar-refractivity contribution is 6.35. The van der Waals surface area contributed by atoms with Gasteiger partial charge in [0.2, 0.25) is 11.7 Å². The number of hydrogen-bond acceptors (Lipinski definition) is 4. The molecule has 4 rings (SSSR count). The van der Waals surface area contributed by atoms with Crippen molar-refractivity contribution in [2.45, 2.75) is 18.8 Å². The Morgan fingerprint density at radius 1 is 0.964 bits per heavy atom. The predicted molar refractivity (Wildman–Crippen MR) is 109 cm³/mol. The molecule has 8 heteroatoms. The molecule has 0 spiro atoms. The van der Waals surface area contributed by atoms with Crippen molar-refractivity contribution in [3.63, 3.8) is 0 Å². The minimum absolute atomic E-state index is 0.0739.